The summed E-state index contributed by atoms with van der Waals surface area (Å²) in [6.07, 6.45) is 0. The molecule has 0 saturated carbocycles. The molecule has 3 aromatic carbocycles. The largest absolute Gasteiger partial charge is 0.464 e. The molecule has 0 saturated heterocycles. The van der Waals surface area contributed by atoms with Crippen molar-refractivity contribution in [3.63, 3.8) is 0 Å². The maximum atomic E-state index is 12.7. The second-order valence-corrected chi connectivity index (χ2v) is 7.14. The molecule has 6 nitrogen and oxygen atoms in total. The topological polar surface area (TPSA) is 62.6 Å². The monoisotopic (exact) mass is 412 g/mol. The van der Waals surface area contributed by atoms with Gasteiger partial charge in [0.25, 0.3) is 0 Å². The average molecular weight is 412 g/mol. The first-order valence-electron chi connectivity index (χ1n) is 9.93. The second kappa shape index (κ2) is 7.99. The van der Waals surface area contributed by atoms with Crippen LogP contribution in [-0.4, -0.2) is 29.7 Å². The number of rotatable bonds is 5. The Morgan fingerprint density at radius 3 is 2.39 bits per heavy atom. The van der Waals surface area contributed by atoms with E-state index >= 15 is 0 Å². The van der Waals surface area contributed by atoms with Crippen molar-refractivity contribution in [1.29, 1.82) is 0 Å². The third-order valence-electron chi connectivity index (χ3n) is 5.21. The van der Waals surface area contributed by atoms with Crippen LogP contribution in [0.1, 0.15) is 16.1 Å². The van der Waals surface area contributed by atoms with Crippen LogP contribution in [0.15, 0.2) is 78.9 Å². The summed E-state index contributed by atoms with van der Waals surface area (Å²) in [7, 11) is 1.37. The van der Waals surface area contributed by atoms with E-state index in [4.69, 9.17) is 19.3 Å². The zero-order chi connectivity index (χ0) is 21.2. The number of methoxy groups -OCH3 is 1. The molecule has 4 aromatic rings. The summed E-state index contributed by atoms with van der Waals surface area (Å²) in [5.41, 5.74) is 4.65. The minimum absolute atomic E-state index is 0.195. The highest BCUT2D eigenvalue weighted by Gasteiger charge is 2.27. The van der Waals surface area contributed by atoms with Gasteiger partial charge in [-0.2, -0.15) is 5.10 Å². The van der Waals surface area contributed by atoms with E-state index in [1.54, 1.807) is 0 Å². The van der Waals surface area contributed by atoms with Crippen LogP contribution in [0.3, 0.4) is 0 Å². The van der Waals surface area contributed by atoms with E-state index in [0.717, 1.165) is 27.9 Å². The van der Waals surface area contributed by atoms with Crippen molar-refractivity contribution in [3.05, 3.63) is 90.1 Å². The molecule has 6 heteroatoms. The number of carbonyl (C=O) groups is 1. The number of ether oxygens (including phenoxy) is 3. The van der Waals surface area contributed by atoms with E-state index in [9.17, 15) is 4.79 Å². The van der Waals surface area contributed by atoms with Gasteiger partial charge in [-0.15, -0.1) is 0 Å². The molecular weight excluding hydrogens is 392 g/mol. The first kappa shape index (κ1) is 18.9. The quantitative estimate of drug-likeness (QED) is 0.442. The van der Waals surface area contributed by atoms with E-state index in [2.05, 4.69) is 0 Å². The Bertz CT molecular complexity index is 1230. The van der Waals surface area contributed by atoms with Crippen molar-refractivity contribution in [3.8, 4) is 33.9 Å². The fourth-order valence-corrected chi connectivity index (χ4v) is 3.79. The van der Waals surface area contributed by atoms with Crippen molar-refractivity contribution in [1.82, 2.24) is 9.78 Å². The van der Waals surface area contributed by atoms with Gasteiger partial charge in [0.2, 0.25) is 6.79 Å². The van der Waals surface area contributed by atoms with Gasteiger partial charge in [0.1, 0.15) is 0 Å². The van der Waals surface area contributed by atoms with Gasteiger partial charge in [-0.05, 0) is 29.3 Å². The Morgan fingerprint density at radius 2 is 1.65 bits per heavy atom. The van der Waals surface area contributed by atoms with Crippen molar-refractivity contribution >= 4 is 5.97 Å². The van der Waals surface area contributed by atoms with Crippen LogP contribution in [0.2, 0.25) is 0 Å². The van der Waals surface area contributed by atoms with Gasteiger partial charge < -0.3 is 14.2 Å². The number of nitrogens with zero attached hydrogens (tertiary/aromatic N) is 2. The lowest BCUT2D eigenvalue weighted by atomic mass is 9.98. The minimum atomic E-state index is -0.479. The van der Waals surface area contributed by atoms with Gasteiger partial charge >= 0.3 is 5.97 Å². The van der Waals surface area contributed by atoms with Gasteiger partial charge in [0.05, 0.1) is 19.3 Å². The second-order valence-electron chi connectivity index (χ2n) is 7.14. The molecule has 0 bridgehead atoms. The van der Waals surface area contributed by atoms with Crippen LogP contribution >= 0.6 is 0 Å². The molecule has 5 rings (SSSR count). The maximum Gasteiger partial charge on any atom is 0.359 e. The van der Waals surface area contributed by atoms with Crippen molar-refractivity contribution in [2.45, 2.75) is 6.54 Å². The molecule has 0 amide bonds. The normalized spacial score (nSPS) is 12.0. The fourth-order valence-electron chi connectivity index (χ4n) is 3.79. The molecule has 0 fully saturated rings. The molecule has 2 heterocycles. The van der Waals surface area contributed by atoms with Crippen LogP contribution in [0.5, 0.6) is 11.5 Å². The highest BCUT2D eigenvalue weighted by molar-refractivity contribution is 6.00. The molecular formula is C25H20N2O4. The zero-order valence-corrected chi connectivity index (χ0v) is 16.9. The molecule has 0 radical (unpaired) electrons. The molecule has 154 valence electrons. The molecule has 31 heavy (non-hydrogen) atoms. The van der Waals surface area contributed by atoms with Gasteiger partial charge in [0, 0.05) is 11.1 Å². The summed E-state index contributed by atoms with van der Waals surface area (Å²) in [6.45, 7) is 0.697. The first-order valence-corrected chi connectivity index (χ1v) is 9.93. The van der Waals surface area contributed by atoms with Gasteiger partial charge in [0.15, 0.2) is 17.2 Å². The number of carbonyl (C=O) groups excluding carboxylic acids is 1. The van der Waals surface area contributed by atoms with Crippen LogP contribution in [0.25, 0.3) is 22.4 Å². The van der Waals surface area contributed by atoms with E-state index in [1.807, 2.05) is 83.5 Å². The molecule has 0 spiro atoms. The summed E-state index contributed by atoms with van der Waals surface area (Å²) in [6, 6.07) is 25.5. The third kappa shape index (κ3) is 3.53. The number of hydrogen-bond acceptors (Lipinski definition) is 5. The van der Waals surface area contributed by atoms with Gasteiger partial charge in [-0.1, -0.05) is 60.7 Å². The number of esters is 1. The lowest BCUT2D eigenvalue weighted by molar-refractivity contribution is 0.0594. The van der Waals surface area contributed by atoms with Crippen molar-refractivity contribution < 1.29 is 19.0 Å². The summed E-state index contributed by atoms with van der Waals surface area (Å²) >= 11 is 0. The molecule has 0 aliphatic carbocycles. The highest BCUT2D eigenvalue weighted by Crippen LogP contribution is 2.41. The molecule has 1 aliphatic heterocycles. The van der Waals surface area contributed by atoms with E-state index in [0.29, 0.717) is 18.0 Å². The Balaban J connectivity index is 1.76. The Labute approximate surface area is 179 Å². The van der Waals surface area contributed by atoms with Crippen LogP contribution in [0.4, 0.5) is 0 Å². The van der Waals surface area contributed by atoms with Crippen LogP contribution < -0.4 is 9.47 Å². The average Bonchev–Trinajstić information content (AvgIpc) is 3.44. The Morgan fingerprint density at radius 1 is 0.935 bits per heavy atom. The smallest absolute Gasteiger partial charge is 0.359 e. The number of aromatic nitrogens is 2. The van der Waals surface area contributed by atoms with E-state index in [-0.39, 0.29) is 12.5 Å². The Kier molecular flexibility index (Phi) is 4.88. The fraction of sp³-hybridized carbons (Fsp3) is 0.120. The number of fused-ring (bicyclic) bond motifs is 1. The lowest BCUT2D eigenvalue weighted by Crippen LogP contribution is -2.07. The first-order chi connectivity index (χ1) is 15.2. The van der Waals surface area contributed by atoms with Crippen LogP contribution in [-0.2, 0) is 11.3 Å². The summed E-state index contributed by atoms with van der Waals surface area (Å²) in [5.74, 6) is 0.892. The number of hydrogen-bond donors (Lipinski definition) is 0. The molecule has 0 unspecified atom stereocenters. The molecule has 1 aliphatic rings. The third-order valence-corrected chi connectivity index (χ3v) is 5.21. The molecule has 0 N–H and O–H groups in total. The van der Waals surface area contributed by atoms with Gasteiger partial charge in [-0.25, -0.2) is 4.79 Å². The Hall–Kier alpha value is -4.06. The van der Waals surface area contributed by atoms with Crippen LogP contribution in [0, 0.1) is 0 Å². The zero-order valence-electron chi connectivity index (χ0n) is 16.9. The maximum absolute atomic E-state index is 12.7. The highest BCUT2D eigenvalue weighted by atomic mass is 16.7. The van der Waals surface area contributed by atoms with Gasteiger partial charge in [-0.3, -0.25) is 4.68 Å². The molecule has 0 atom stereocenters. The summed E-state index contributed by atoms with van der Waals surface area (Å²) < 4.78 is 18.0. The minimum Gasteiger partial charge on any atom is -0.464 e. The predicted molar refractivity (Wildman–Crippen MR) is 116 cm³/mol. The van der Waals surface area contributed by atoms with E-state index in [1.165, 1.54) is 7.11 Å². The van der Waals surface area contributed by atoms with E-state index < -0.39 is 5.97 Å². The lowest BCUT2D eigenvalue weighted by Gasteiger charge is -2.11. The summed E-state index contributed by atoms with van der Waals surface area (Å²) in [4.78, 5) is 12.7. The summed E-state index contributed by atoms with van der Waals surface area (Å²) in [5, 5.41) is 4.69. The predicted octanol–water partition coefficient (Wildman–Crippen LogP) is 4.78. The molecule has 1 aromatic heterocycles. The number of benzene rings is 3. The van der Waals surface area contributed by atoms with Crippen molar-refractivity contribution in [2.75, 3.05) is 13.9 Å². The standard InChI is InChI=1S/C25H20N2O4/c1-29-25(28)23-22(18-10-6-3-7-11-18)24(19-12-13-20-21(14-19)31-16-30-20)27(26-23)15-17-8-4-2-5-9-17/h2-14H,15-16H2,1H3. The van der Waals surface area contributed by atoms with Crippen molar-refractivity contribution in [2.24, 2.45) is 0 Å². The SMILES string of the molecule is COC(=O)c1nn(Cc2ccccc2)c(-c2ccc3c(c2)OCO3)c1-c1ccccc1.